The van der Waals surface area contributed by atoms with Crippen molar-refractivity contribution in [2.24, 2.45) is 0 Å². The van der Waals surface area contributed by atoms with Crippen LogP contribution in [0.3, 0.4) is 0 Å². The van der Waals surface area contributed by atoms with Crippen LogP contribution in [0, 0.1) is 5.82 Å². The first kappa shape index (κ1) is 11.0. The summed E-state index contributed by atoms with van der Waals surface area (Å²) < 4.78 is 13.3. The van der Waals surface area contributed by atoms with Crippen molar-refractivity contribution in [3.8, 4) is 0 Å². The van der Waals surface area contributed by atoms with Gasteiger partial charge in [-0.15, -0.1) is 0 Å². The average molecular weight is 243 g/mol. The van der Waals surface area contributed by atoms with Crippen LogP contribution in [0.5, 0.6) is 0 Å². The predicted molar refractivity (Wildman–Crippen MR) is 69.8 cm³/mol. The molecule has 0 amide bonds. The Morgan fingerprint density at radius 3 is 2.94 bits per heavy atom. The Bertz CT molecular complexity index is 566. The van der Waals surface area contributed by atoms with E-state index in [9.17, 15) is 4.39 Å². The molecule has 4 heteroatoms. The summed E-state index contributed by atoms with van der Waals surface area (Å²) >= 11 is 0. The smallest absolute Gasteiger partial charge is 0.125 e. The molecule has 0 spiro atoms. The molecular formula is C14H14FN3. The van der Waals surface area contributed by atoms with E-state index in [4.69, 9.17) is 5.73 Å². The Hall–Kier alpha value is -2.10. The van der Waals surface area contributed by atoms with Gasteiger partial charge in [0.25, 0.3) is 0 Å². The second-order valence-corrected chi connectivity index (χ2v) is 4.54. The number of hydrogen-bond acceptors (Lipinski definition) is 3. The molecule has 0 unspecified atom stereocenters. The van der Waals surface area contributed by atoms with E-state index in [1.54, 1.807) is 18.3 Å². The Balaban J connectivity index is 1.84. The van der Waals surface area contributed by atoms with Gasteiger partial charge < -0.3 is 10.6 Å². The maximum atomic E-state index is 13.3. The fourth-order valence-electron chi connectivity index (χ4n) is 2.33. The van der Waals surface area contributed by atoms with Gasteiger partial charge in [0.15, 0.2) is 0 Å². The van der Waals surface area contributed by atoms with Gasteiger partial charge in [0.05, 0.1) is 0 Å². The fraction of sp³-hybridized carbons (Fsp3) is 0.214. The normalized spacial score (nSPS) is 13.7. The van der Waals surface area contributed by atoms with Crippen molar-refractivity contribution < 1.29 is 4.39 Å². The molecule has 1 aliphatic heterocycles. The summed E-state index contributed by atoms with van der Waals surface area (Å²) in [7, 11) is 0. The maximum absolute atomic E-state index is 13.3. The van der Waals surface area contributed by atoms with Gasteiger partial charge in [0.1, 0.15) is 11.6 Å². The predicted octanol–water partition coefficient (Wildman–Crippen LogP) is 2.37. The van der Waals surface area contributed by atoms with Crippen LogP contribution in [-0.4, -0.2) is 11.5 Å². The van der Waals surface area contributed by atoms with Crippen LogP contribution in [0.25, 0.3) is 0 Å². The first-order valence-electron chi connectivity index (χ1n) is 5.96. The molecule has 0 saturated carbocycles. The zero-order valence-electron chi connectivity index (χ0n) is 9.94. The van der Waals surface area contributed by atoms with E-state index >= 15 is 0 Å². The Morgan fingerprint density at radius 2 is 2.17 bits per heavy atom. The number of aromatic nitrogens is 1. The largest absolute Gasteiger partial charge is 0.384 e. The van der Waals surface area contributed by atoms with Crippen LogP contribution >= 0.6 is 0 Å². The highest BCUT2D eigenvalue weighted by Crippen LogP contribution is 2.29. The number of fused-ring (bicyclic) bond motifs is 1. The first-order chi connectivity index (χ1) is 8.72. The van der Waals surface area contributed by atoms with Crippen molar-refractivity contribution in [3.05, 3.63) is 53.5 Å². The van der Waals surface area contributed by atoms with Gasteiger partial charge in [-0.1, -0.05) is 12.1 Å². The van der Waals surface area contributed by atoms with Crippen molar-refractivity contribution in [3.63, 3.8) is 0 Å². The lowest BCUT2D eigenvalue weighted by atomic mass is 10.1. The van der Waals surface area contributed by atoms with Crippen LogP contribution in [0.15, 0.2) is 36.5 Å². The lowest BCUT2D eigenvalue weighted by Crippen LogP contribution is -2.19. The molecule has 0 saturated heterocycles. The molecule has 1 aliphatic rings. The fourth-order valence-corrected chi connectivity index (χ4v) is 2.33. The molecule has 2 heterocycles. The Labute approximate surface area is 105 Å². The topological polar surface area (TPSA) is 42.1 Å². The van der Waals surface area contributed by atoms with E-state index in [0.29, 0.717) is 5.82 Å². The van der Waals surface area contributed by atoms with Crippen molar-refractivity contribution in [1.82, 2.24) is 4.98 Å². The van der Waals surface area contributed by atoms with E-state index in [1.807, 2.05) is 12.1 Å². The summed E-state index contributed by atoms with van der Waals surface area (Å²) in [6.07, 6.45) is 2.74. The molecule has 92 valence electrons. The number of nitrogen functional groups attached to an aromatic ring is 1. The van der Waals surface area contributed by atoms with E-state index in [-0.39, 0.29) is 5.82 Å². The molecule has 0 radical (unpaired) electrons. The molecule has 3 rings (SSSR count). The average Bonchev–Trinajstić information content (AvgIpc) is 2.75. The molecular weight excluding hydrogens is 229 g/mol. The van der Waals surface area contributed by atoms with Crippen molar-refractivity contribution in [2.45, 2.75) is 13.0 Å². The van der Waals surface area contributed by atoms with Gasteiger partial charge in [-0.2, -0.15) is 0 Å². The van der Waals surface area contributed by atoms with Gasteiger partial charge in [0.2, 0.25) is 0 Å². The van der Waals surface area contributed by atoms with E-state index < -0.39 is 0 Å². The maximum Gasteiger partial charge on any atom is 0.125 e. The third-order valence-electron chi connectivity index (χ3n) is 3.26. The van der Waals surface area contributed by atoms with Crippen molar-refractivity contribution >= 4 is 11.5 Å². The molecule has 18 heavy (non-hydrogen) atoms. The third kappa shape index (κ3) is 2.01. The Morgan fingerprint density at radius 1 is 1.28 bits per heavy atom. The first-order valence-corrected chi connectivity index (χ1v) is 5.96. The summed E-state index contributed by atoms with van der Waals surface area (Å²) in [6.45, 7) is 1.66. The summed E-state index contributed by atoms with van der Waals surface area (Å²) in [5, 5.41) is 0. The lowest BCUT2D eigenvalue weighted by Gasteiger charge is -2.19. The van der Waals surface area contributed by atoms with Crippen LogP contribution in [0.1, 0.15) is 11.1 Å². The van der Waals surface area contributed by atoms with E-state index in [1.165, 1.54) is 11.6 Å². The number of pyridine rings is 1. The number of nitrogens with zero attached hydrogens (tertiary/aromatic N) is 2. The zero-order valence-corrected chi connectivity index (χ0v) is 9.94. The van der Waals surface area contributed by atoms with Crippen LogP contribution in [0.2, 0.25) is 0 Å². The molecule has 0 fully saturated rings. The lowest BCUT2D eigenvalue weighted by molar-refractivity contribution is 0.627. The number of nitrogens with two attached hydrogens (primary N) is 1. The number of halogens is 1. The third-order valence-corrected chi connectivity index (χ3v) is 3.26. The monoisotopic (exact) mass is 243 g/mol. The van der Waals surface area contributed by atoms with E-state index in [2.05, 4.69) is 9.88 Å². The molecule has 1 aromatic heterocycles. The minimum atomic E-state index is -0.184. The number of anilines is 2. The highest BCUT2D eigenvalue weighted by atomic mass is 19.1. The van der Waals surface area contributed by atoms with Gasteiger partial charge >= 0.3 is 0 Å². The number of benzene rings is 1. The molecule has 0 bridgehead atoms. The highest BCUT2D eigenvalue weighted by molar-refractivity contribution is 5.58. The van der Waals surface area contributed by atoms with Crippen molar-refractivity contribution in [2.75, 3.05) is 17.2 Å². The summed E-state index contributed by atoms with van der Waals surface area (Å²) in [4.78, 5) is 6.24. The Kier molecular flexibility index (Phi) is 2.63. The number of hydrogen-bond donors (Lipinski definition) is 1. The van der Waals surface area contributed by atoms with Crippen LogP contribution in [-0.2, 0) is 13.0 Å². The molecule has 0 aliphatic carbocycles. The van der Waals surface area contributed by atoms with Gasteiger partial charge in [-0.05, 0) is 35.7 Å². The molecule has 2 N–H and O–H groups in total. The molecule has 0 atom stereocenters. The van der Waals surface area contributed by atoms with Crippen molar-refractivity contribution in [1.29, 1.82) is 0 Å². The highest BCUT2D eigenvalue weighted by Gasteiger charge is 2.19. The second kappa shape index (κ2) is 4.29. The minimum absolute atomic E-state index is 0.184. The quantitative estimate of drug-likeness (QED) is 0.880. The van der Waals surface area contributed by atoms with Gasteiger partial charge in [-0.25, -0.2) is 9.37 Å². The minimum Gasteiger partial charge on any atom is -0.384 e. The summed E-state index contributed by atoms with van der Waals surface area (Å²) in [5.41, 5.74) is 8.84. The van der Waals surface area contributed by atoms with Crippen LogP contribution in [0.4, 0.5) is 15.9 Å². The van der Waals surface area contributed by atoms with E-state index in [0.717, 1.165) is 30.8 Å². The second-order valence-electron chi connectivity index (χ2n) is 4.54. The standard InChI is InChI=1S/C14H14FN3/c15-12-3-2-11-5-6-18(13(11)7-12)9-10-1-4-14(16)17-8-10/h1-4,7-8H,5-6,9H2,(H2,16,17). The van der Waals surface area contributed by atoms with Crippen LogP contribution < -0.4 is 10.6 Å². The summed E-state index contributed by atoms with van der Waals surface area (Å²) in [6, 6.07) is 8.74. The molecule has 3 nitrogen and oxygen atoms in total. The molecule has 1 aromatic carbocycles. The zero-order chi connectivity index (χ0) is 12.5. The molecule has 2 aromatic rings. The number of rotatable bonds is 2. The van der Waals surface area contributed by atoms with Gasteiger partial charge in [-0.3, -0.25) is 0 Å². The van der Waals surface area contributed by atoms with Gasteiger partial charge in [0, 0.05) is 25.0 Å². The SMILES string of the molecule is Nc1ccc(CN2CCc3ccc(F)cc32)cn1. The summed E-state index contributed by atoms with van der Waals surface area (Å²) in [5.74, 6) is 0.336.